The minimum atomic E-state index is -1.48. The van der Waals surface area contributed by atoms with Crippen molar-refractivity contribution in [3.05, 3.63) is 0 Å². The van der Waals surface area contributed by atoms with Crippen molar-refractivity contribution >= 4 is 0 Å². The molecule has 16 atom stereocenters. The number of ether oxygens (including phenoxy) is 4. The molecule has 0 aromatic heterocycles. The van der Waals surface area contributed by atoms with Crippen LogP contribution in [0.3, 0.4) is 0 Å². The molecule has 0 aromatic carbocycles. The van der Waals surface area contributed by atoms with Crippen molar-refractivity contribution in [2.45, 2.75) is 132 Å². The average molecular weight is 513 g/mol. The Bertz CT molecular complexity index is 649. The van der Waals surface area contributed by atoms with Gasteiger partial charge in [-0.1, -0.05) is 13.8 Å². The van der Waals surface area contributed by atoms with Crippen molar-refractivity contribution in [1.29, 1.82) is 0 Å². The molecule has 3 aliphatic rings. The highest BCUT2D eigenvalue weighted by atomic mass is 16.7. The number of aliphatic hydroxyl groups is 6. The van der Waals surface area contributed by atoms with Gasteiger partial charge in [0.2, 0.25) is 0 Å². The van der Waals surface area contributed by atoms with E-state index in [0.29, 0.717) is 0 Å². The molecule has 3 fully saturated rings. The first-order valence-corrected chi connectivity index (χ1v) is 12.1. The fourth-order valence-corrected chi connectivity index (χ4v) is 4.57. The number of nitrogens with two attached hydrogens (primary N) is 4. The van der Waals surface area contributed by atoms with Gasteiger partial charge in [0.25, 0.3) is 0 Å². The van der Waals surface area contributed by atoms with E-state index < -0.39 is 97.8 Å². The van der Waals surface area contributed by atoms with Crippen LogP contribution in [0, 0.1) is 0 Å². The molecular formula is C21H44N4O10. The maximum absolute atomic E-state index is 10.7. The van der Waals surface area contributed by atoms with E-state index in [1.165, 1.54) is 6.92 Å². The second kappa shape index (κ2) is 12.8. The zero-order valence-electron chi connectivity index (χ0n) is 20.6. The normalized spacial score (nSPS) is 50.2. The number of rotatable bonds is 6. The number of hydrogen-bond acceptors (Lipinski definition) is 14. The fourth-order valence-electron chi connectivity index (χ4n) is 4.57. The van der Waals surface area contributed by atoms with Gasteiger partial charge < -0.3 is 72.5 Å². The van der Waals surface area contributed by atoms with Crippen LogP contribution in [0.5, 0.6) is 0 Å². The first-order valence-electron chi connectivity index (χ1n) is 12.1. The summed E-state index contributed by atoms with van der Waals surface area (Å²) in [5.74, 6) is 0. The average Bonchev–Trinajstić information content (AvgIpc) is 3.09. The molecule has 2 saturated heterocycles. The first-order chi connectivity index (χ1) is 16.3. The van der Waals surface area contributed by atoms with Crippen molar-refractivity contribution in [2.75, 3.05) is 0 Å². The van der Waals surface area contributed by atoms with E-state index in [9.17, 15) is 30.6 Å². The molecule has 208 valence electrons. The van der Waals surface area contributed by atoms with Crippen LogP contribution in [0.2, 0.25) is 0 Å². The highest BCUT2D eigenvalue weighted by molar-refractivity contribution is 5.02. The molecule has 14 nitrogen and oxygen atoms in total. The summed E-state index contributed by atoms with van der Waals surface area (Å²) in [4.78, 5) is 0. The van der Waals surface area contributed by atoms with E-state index in [-0.39, 0.29) is 6.42 Å². The number of aliphatic hydroxyl groups excluding tert-OH is 6. The Hall–Kier alpha value is -0.560. The highest BCUT2D eigenvalue weighted by Crippen LogP contribution is 2.32. The van der Waals surface area contributed by atoms with Crippen molar-refractivity contribution in [3.8, 4) is 0 Å². The summed E-state index contributed by atoms with van der Waals surface area (Å²) in [6.45, 7) is 6.96. The third kappa shape index (κ3) is 6.48. The minimum absolute atomic E-state index is 0.137. The standard InChI is InChI=1S/C19H38N4O10.C2H6/c1-4(20)14-12(28)13(29)19(30-14)33-17-9(25)6(21)3-7(22)16(17)32-18-8(23)10(26)11(27)15(31-18)5(2)24;1-2/h4-19,24-29H,3,20-23H2,1-2H3;1-2H3. The Labute approximate surface area is 205 Å². The maximum atomic E-state index is 10.7. The van der Waals surface area contributed by atoms with Gasteiger partial charge in [-0.15, -0.1) is 0 Å². The predicted octanol–water partition coefficient (Wildman–Crippen LogP) is -4.85. The van der Waals surface area contributed by atoms with E-state index in [1.54, 1.807) is 6.92 Å². The lowest BCUT2D eigenvalue weighted by Gasteiger charge is -2.47. The van der Waals surface area contributed by atoms with E-state index in [1.807, 2.05) is 13.8 Å². The summed E-state index contributed by atoms with van der Waals surface area (Å²) in [5, 5.41) is 61.6. The molecule has 0 radical (unpaired) electrons. The second-order valence-corrected chi connectivity index (χ2v) is 9.33. The Morgan fingerprint density at radius 2 is 1.23 bits per heavy atom. The topological polar surface area (TPSA) is 262 Å². The molecule has 2 aliphatic heterocycles. The van der Waals surface area contributed by atoms with Crippen molar-refractivity contribution < 1.29 is 49.6 Å². The Morgan fingerprint density at radius 3 is 1.74 bits per heavy atom. The largest absolute Gasteiger partial charge is 0.391 e. The zero-order chi connectivity index (χ0) is 26.8. The summed E-state index contributed by atoms with van der Waals surface area (Å²) in [6, 6.07) is -3.41. The molecule has 16 unspecified atom stereocenters. The van der Waals surface area contributed by atoms with E-state index >= 15 is 0 Å². The lowest BCUT2D eigenvalue weighted by Crippen LogP contribution is -2.68. The molecule has 1 saturated carbocycles. The van der Waals surface area contributed by atoms with Gasteiger partial charge in [0.1, 0.15) is 48.8 Å². The minimum Gasteiger partial charge on any atom is -0.391 e. The SMILES string of the molecule is CC.CC(N)C1OC(OC2C(O)C(N)CC(N)C2OC2OC(C(C)O)C(O)C(O)C2N)C(O)C1O. The van der Waals surface area contributed by atoms with Crippen LogP contribution >= 0.6 is 0 Å². The Balaban J connectivity index is 0.00000210. The van der Waals surface area contributed by atoms with Crippen LogP contribution in [0.4, 0.5) is 0 Å². The molecule has 0 bridgehead atoms. The quantitative estimate of drug-likeness (QED) is 0.160. The van der Waals surface area contributed by atoms with Crippen LogP contribution in [0.15, 0.2) is 0 Å². The molecular weight excluding hydrogens is 468 g/mol. The maximum Gasteiger partial charge on any atom is 0.187 e. The second-order valence-electron chi connectivity index (χ2n) is 9.33. The summed E-state index contributed by atoms with van der Waals surface area (Å²) >= 11 is 0. The smallest absolute Gasteiger partial charge is 0.187 e. The lowest BCUT2D eigenvalue weighted by atomic mass is 9.84. The molecule has 0 aromatic rings. The van der Waals surface area contributed by atoms with Gasteiger partial charge in [-0.3, -0.25) is 0 Å². The molecule has 35 heavy (non-hydrogen) atoms. The van der Waals surface area contributed by atoms with Gasteiger partial charge in [0.15, 0.2) is 12.6 Å². The fraction of sp³-hybridized carbons (Fsp3) is 1.00. The monoisotopic (exact) mass is 512 g/mol. The van der Waals surface area contributed by atoms with Crippen LogP contribution in [0.1, 0.15) is 34.1 Å². The Morgan fingerprint density at radius 1 is 0.714 bits per heavy atom. The van der Waals surface area contributed by atoms with Crippen LogP contribution in [-0.2, 0) is 18.9 Å². The summed E-state index contributed by atoms with van der Waals surface area (Å²) in [7, 11) is 0. The van der Waals surface area contributed by atoms with Crippen LogP contribution in [0.25, 0.3) is 0 Å². The lowest BCUT2D eigenvalue weighted by molar-refractivity contribution is -0.315. The van der Waals surface area contributed by atoms with E-state index in [0.717, 1.165) is 0 Å². The van der Waals surface area contributed by atoms with Gasteiger partial charge in [-0.2, -0.15) is 0 Å². The molecule has 1 aliphatic carbocycles. The summed E-state index contributed by atoms with van der Waals surface area (Å²) < 4.78 is 22.9. The summed E-state index contributed by atoms with van der Waals surface area (Å²) in [6.07, 6.45) is -15.2. The predicted molar refractivity (Wildman–Crippen MR) is 122 cm³/mol. The molecule has 14 N–H and O–H groups in total. The van der Waals surface area contributed by atoms with Crippen molar-refractivity contribution in [3.63, 3.8) is 0 Å². The summed E-state index contributed by atoms with van der Waals surface area (Å²) in [5.41, 5.74) is 24.0. The van der Waals surface area contributed by atoms with E-state index in [2.05, 4.69) is 0 Å². The first kappa shape index (κ1) is 30.7. The number of hydrogen-bond donors (Lipinski definition) is 10. The van der Waals surface area contributed by atoms with Gasteiger partial charge in [0, 0.05) is 18.1 Å². The van der Waals surface area contributed by atoms with Crippen molar-refractivity contribution in [1.82, 2.24) is 0 Å². The van der Waals surface area contributed by atoms with Crippen molar-refractivity contribution in [2.24, 2.45) is 22.9 Å². The third-order valence-electron chi connectivity index (χ3n) is 6.58. The van der Waals surface area contributed by atoms with Gasteiger partial charge in [-0.05, 0) is 20.3 Å². The zero-order valence-corrected chi connectivity index (χ0v) is 20.6. The van der Waals surface area contributed by atoms with Gasteiger partial charge in [0.05, 0.1) is 18.2 Å². The van der Waals surface area contributed by atoms with Gasteiger partial charge in [-0.25, -0.2) is 0 Å². The third-order valence-corrected chi connectivity index (χ3v) is 6.58. The Kier molecular flexibility index (Phi) is 11.2. The van der Waals surface area contributed by atoms with Crippen LogP contribution in [-0.4, -0.2) is 128 Å². The highest BCUT2D eigenvalue weighted by Gasteiger charge is 2.53. The van der Waals surface area contributed by atoms with Crippen LogP contribution < -0.4 is 22.9 Å². The van der Waals surface area contributed by atoms with E-state index in [4.69, 9.17) is 41.9 Å². The molecule has 14 heteroatoms. The van der Waals surface area contributed by atoms with Gasteiger partial charge >= 0.3 is 0 Å². The molecule has 0 spiro atoms. The molecule has 0 amide bonds. The molecule has 3 rings (SSSR count). The molecule has 2 heterocycles.